The second-order valence-electron chi connectivity index (χ2n) is 9.23. The van der Waals surface area contributed by atoms with E-state index in [1.54, 1.807) is 4.90 Å². The predicted octanol–water partition coefficient (Wildman–Crippen LogP) is 4.30. The minimum absolute atomic E-state index is 0.0131. The van der Waals surface area contributed by atoms with Crippen LogP contribution in [0.25, 0.3) is 5.57 Å². The molecule has 2 amide bonds. The van der Waals surface area contributed by atoms with Crippen molar-refractivity contribution in [2.24, 2.45) is 0 Å². The molecule has 5 nitrogen and oxygen atoms in total. The van der Waals surface area contributed by atoms with Gasteiger partial charge in [0.05, 0.1) is 17.8 Å². The Morgan fingerprint density at radius 2 is 1.40 bits per heavy atom. The quantitative estimate of drug-likeness (QED) is 0.697. The molecule has 0 aromatic heterocycles. The Bertz CT molecular complexity index is 811. The summed E-state index contributed by atoms with van der Waals surface area (Å²) in [5, 5.41) is 0. The molecular formula is C25H34N2O3. The highest BCUT2D eigenvalue weighted by molar-refractivity contribution is 6.35. The number of carbonyl (C=O) groups excluding carboxylic acids is 2. The summed E-state index contributed by atoms with van der Waals surface area (Å²) in [6.45, 7) is 7.36. The number of imide groups is 1. The second kappa shape index (κ2) is 8.93. The van der Waals surface area contributed by atoms with Crippen LogP contribution in [0.15, 0.2) is 30.0 Å². The number of benzene rings is 1. The van der Waals surface area contributed by atoms with Gasteiger partial charge in [0, 0.05) is 19.1 Å². The Morgan fingerprint density at radius 3 is 2.00 bits per heavy atom. The predicted molar refractivity (Wildman–Crippen MR) is 118 cm³/mol. The molecule has 1 aromatic rings. The zero-order valence-electron chi connectivity index (χ0n) is 18.5. The summed E-state index contributed by atoms with van der Waals surface area (Å²) in [5.41, 5.74) is 3.13. The topological polar surface area (TPSA) is 49.9 Å². The SMILES string of the molecule is Cc1ccc(C2=C(N3CC(C)OC(C)C3)C(=O)N(C3CCCCCCC3)C2=O)cc1. The first kappa shape index (κ1) is 21.1. The van der Waals surface area contributed by atoms with E-state index in [2.05, 4.69) is 4.90 Å². The summed E-state index contributed by atoms with van der Waals surface area (Å²) in [6, 6.07) is 8.00. The minimum Gasteiger partial charge on any atom is -0.372 e. The maximum Gasteiger partial charge on any atom is 0.278 e. The molecule has 30 heavy (non-hydrogen) atoms. The first-order valence-electron chi connectivity index (χ1n) is 11.6. The number of hydrogen-bond acceptors (Lipinski definition) is 4. The molecule has 1 saturated carbocycles. The number of carbonyl (C=O) groups is 2. The third-order valence-corrected chi connectivity index (χ3v) is 6.61. The van der Waals surface area contributed by atoms with Crippen LogP contribution in [0.4, 0.5) is 0 Å². The normalized spacial score (nSPS) is 26.9. The van der Waals surface area contributed by atoms with Crippen molar-refractivity contribution in [3.63, 3.8) is 0 Å². The van der Waals surface area contributed by atoms with Crippen LogP contribution in [0.3, 0.4) is 0 Å². The molecule has 0 bridgehead atoms. The average Bonchev–Trinajstić information content (AvgIpc) is 2.92. The van der Waals surface area contributed by atoms with Gasteiger partial charge in [-0.05, 0) is 39.2 Å². The highest BCUT2D eigenvalue weighted by Crippen LogP contribution is 2.36. The van der Waals surface area contributed by atoms with Gasteiger partial charge in [-0.25, -0.2) is 0 Å². The molecule has 2 heterocycles. The van der Waals surface area contributed by atoms with Crippen LogP contribution in [-0.2, 0) is 14.3 Å². The molecule has 1 saturated heterocycles. The second-order valence-corrected chi connectivity index (χ2v) is 9.23. The Hall–Kier alpha value is -2.14. The summed E-state index contributed by atoms with van der Waals surface area (Å²) in [4.78, 5) is 31.1. The first-order chi connectivity index (χ1) is 14.5. The molecule has 2 fully saturated rings. The lowest BCUT2D eigenvalue weighted by atomic mass is 9.95. The van der Waals surface area contributed by atoms with Crippen LogP contribution in [0, 0.1) is 6.92 Å². The van der Waals surface area contributed by atoms with Crippen molar-refractivity contribution in [3.05, 3.63) is 41.1 Å². The van der Waals surface area contributed by atoms with Crippen molar-refractivity contribution in [1.29, 1.82) is 0 Å². The van der Waals surface area contributed by atoms with Crippen molar-refractivity contribution in [2.45, 2.75) is 84.0 Å². The number of hydrogen-bond donors (Lipinski definition) is 0. The molecule has 3 aliphatic rings. The van der Waals surface area contributed by atoms with E-state index in [-0.39, 0.29) is 30.1 Å². The zero-order chi connectivity index (χ0) is 21.3. The highest BCUT2D eigenvalue weighted by atomic mass is 16.5. The maximum atomic E-state index is 13.7. The van der Waals surface area contributed by atoms with Crippen LogP contribution in [0.5, 0.6) is 0 Å². The van der Waals surface area contributed by atoms with E-state index >= 15 is 0 Å². The summed E-state index contributed by atoms with van der Waals surface area (Å²) in [6.07, 6.45) is 7.70. The van der Waals surface area contributed by atoms with E-state index in [1.165, 1.54) is 19.3 Å². The average molecular weight is 411 g/mol. The Labute approximate surface area is 180 Å². The smallest absolute Gasteiger partial charge is 0.278 e. The molecule has 1 aliphatic carbocycles. The van der Waals surface area contributed by atoms with Gasteiger partial charge in [-0.2, -0.15) is 0 Å². The summed E-state index contributed by atoms with van der Waals surface area (Å²) in [7, 11) is 0. The van der Waals surface area contributed by atoms with Gasteiger partial charge in [0.2, 0.25) is 0 Å². The van der Waals surface area contributed by atoms with Gasteiger partial charge in [0.25, 0.3) is 11.8 Å². The number of morpholine rings is 1. The van der Waals surface area contributed by atoms with E-state index in [9.17, 15) is 9.59 Å². The van der Waals surface area contributed by atoms with Gasteiger partial charge in [-0.1, -0.05) is 61.9 Å². The van der Waals surface area contributed by atoms with E-state index in [4.69, 9.17) is 4.74 Å². The lowest BCUT2D eigenvalue weighted by Crippen LogP contribution is -2.48. The molecule has 2 aliphatic heterocycles. The fourth-order valence-corrected chi connectivity index (χ4v) is 5.19. The zero-order valence-corrected chi connectivity index (χ0v) is 18.5. The lowest BCUT2D eigenvalue weighted by Gasteiger charge is -2.37. The molecule has 0 spiro atoms. The molecule has 2 unspecified atom stereocenters. The lowest BCUT2D eigenvalue weighted by molar-refractivity contribution is -0.141. The van der Waals surface area contributed by atoms with Crippen molar-refractivity contribution in [2.75, 3.05) is 13.1 Å². The fraction of sp³-hybridized carbons (Fsp3) is 0.600. The number of ether oxygens (including phenoxy) is 1. The number of aryl methyl sites for hydroxylation is 1. The van der Waals surface area contributed by atoms with Gasteiger partial charge in [-0.3, -0.25) is 14.5 Å². The third-order valence-electron chi connectivity index (χ3n) is 6.61. The van der Waals surface area contributed by atoms with Crippen LogP contribution in [-0.4, -0.2) is 53.0 Å². The van der Waals surface area contributed by atoms with Crippen LogP contribution in [0.2, 0.25) is 0 Å². The van der Waals surface area contributed by atoms with Crippen LogP contribution >= 0.6 is 0 Å². The summed E-state index contributed by atoms with van der Waals surface area (Å²) < 4.78 is 5.89. The molecule has 162 valence electrons. The molecule has 0 N–H and O–H groups in total. The first-order valence-corrected chi connectivity index (χ1v) is 11.6. The Morgan fingerprint density at radius 1 is 0.833 bits per heavy atom. The van der Waals surface area contributed by atoms with Gasteiger partial charge in [0.15, 0.2) is 0 Å². The third kappa shape index (κ3) is 4.18. The van der Waals surface area contributed by atoms with Gasteiger partial charge in [-0.15, -0.1) is 0 Å². The molecule has 4 rings (SSSR count). The standard InChI is InChI=1S/C25H34N2O3/c1-17-11-13-20(14-12-17)22-23(26-15-18(2)30-19(3)16-26)25(29)27(24(22)28)21-9-7-5-4-6-8-10-21/h11-14,18-19,21H,4-10,15-16H2,1-3H3. The van der Waals surface area contributed by atoms with E-state index in [1.807, 2.05) is 45.0 Å². The largest absolute Gasteiger partial charge is 0.372 e. The summed E-state index contributed by atoms with van der Waals surface area (Å²) >= 11 is 0. The van der Waals surface area contributed by atoms with E-state index < -0.39 is 0 Å². The van der Waals surface area contributed by atoms with Crippen molar-refractivity contribution < 1.29 is 14.3 Å². The van der Waals surface area contributed by atoms with Crippen molar-refractivity contribution in [1.82, 2.24) is 9.80 Å². The monoisotopic (exact) mass is 410 g/mol. The molecular weight excluding hydrogens is 376 g/mol. The minimum atomic E-state index is -0.115. The Balaban J connectivity index is 1.73. The number of rotatable bonds is 3. The van der Waals surface area contributed by atoms with E-state index in [0.717, 1.165) is 36.8 Å². The van der Waals surface area contributed by atoms with Crippen LogP contribution < -0.4 is 0 Å². The van der Waals surface area contributed by atoms with Gasteiger partial charge in [0.1, 0.15) is 5.70 Å². The van der Waals surface area contributed by atoms with E-state index in [0.29, 0.717) is 24.4 Å². The van der Waals surface area contributed by atoms with Gasteiger partial charge >= 0.3 is 0 Å². The molecule has 1 aromatic carbocycles. The van der Waals surface area contributed by atoms with Crippen molar-refractivity contribution >= 4 is 17.4 Å². The molecule has 5 heteroatoms. The number of amides is 2. The molecule has 0 radical (unpaired) electrons. The van der Waals surface area contributed by atoms with Crippen LogP contribution in [0.1, 0.15) is 69.9 Å². The van der Waals surface area contributed by atoms with Gasteiger partial charge < -0.3 is 9.64 Å². The number of nitrogens with zero attached hydrogens (tertiary/aromatic N) is 2. The highest BCUT2D eigenvalue weighted by Gasteiger charge is 2.45. The molecule has 2 atom stereocenters. The Kier molecular flexibility index (Phi) is 6.28. The fourth-order valence-electron chi connectivity index (χ4n) is 5.19. The summed E-state index contributed by atoms with van der Waals surface area (Å²) in [5.74, 6) is -0.223. The maximum absolute atomic E-state index is 13.7. The van der Waals surface area contributed by atoms with Crippen molar-refractivity contribution in [3.8, 4) is 0 Å².